The highest BCUT2D eigenvalue weighted by Gasteiger charge is 2.56. The Bertz CT molecular complexity index is 1600. The van der Waals surface area contributed by atoms with Gasteiger partial charge in [-0.1, -0.05) is 78.9 Å². The van der Waals surface area contributed by atoms with Gasteiger partial charge in [0.05, 0.1) is 10.8 Å². The molecule has 3 aromatic carbocycles. The number of imide groups is 1. The molecule has 13 heteroatoms. The molecular weight excluding hydrogens is 588 g/mol. The van der Waals surface area contributed by atoms with Crippen molar-refractivity contribution in [3.8, 4) is 0 Å². The second-order valence-corrected chi connectivity index (χ2v) is 11.9. The lowest BCUT2D eigenvalue weighted by atomic mass is 9.93. The number of rotatable bonds is 10. The van der Waals surface area contributed by atoms with Crippen molar-refractivity contribution in [2.45, 2.75) is 43.2 Å². The van der Waals surface area contributed by atoms with Crippen molar-refractivity contribution < 1.29 is 37.1 Å². The number of hydrogen-bond acceptors (Lipinski definition) is 8. The summed E-state index contributed by atoms with van der Waals surface area (Å²) in [5.74, 6) is -2.44. The van der Waals surface area contributed by atoms with Gasteiger partial charge in [0, 0.05) is 13.5 Å². The number of carbonyl (C=O) groups is 4. The largest absolute Gasteiger partial charge is 0.444 e. The number of carbonyl (C=O) groups excluding carboxylic acids is 4. The average Bonchev–Trinajstić information content (AvgIpc) is 3.02. The maximum absolute atomic E-state index is 13.3. The fraction of sp³-hybridized carbons (Fsp3) is 0.258. The van der Waals surface area contributed by atoms with Crippen LogP contribution in [0.4, 0.5) is 9.59 Å². The van der Waals surface area contributed by atoms with E-state index in [4.69, 9.17) is 9.47 Å². The lowest BCUT2D eigenvalue weighted by Crippen LogP contribution is -2.65. The highest BCUT2D eigenvalue weighted by molar-refractivity contribution is 7.92. The van der Waals surface area contributed by atoms with E-state index in [0.29, 0.717) is 0 Å². The van der Waals surface area contributed by atoms with Crippen molar-refractivity contribution >= 4 is 39.8 Å². The van der Waals surface area contributed by atoms with Crippen LogP contribution < -0.4 is 10.6 Å². The molecule has 4 amide bonds. The number of hydrogen-bond donors (Lipinski definition) is 2. The first-order valence-electron chi connectivity index (χ1n) is 13.8. The summed E-state index contributed by atoms with van der Waals surface area (Å²) in [4.78, 5) is 54.3. The topological polar surface area (TPSA) is 161 Å². The standard InChI is InChI=1S/C31H32N4O8S/c1-22(36)35-27(37)26(28(35)44(40,41)25-16-9-4-10-17-25)18-11-19-32-29(33-30(38)42-20-23-12-5-2-6-13-23)34-31(39)43-21-24-14-7-3-8-15-24/h2-10,12-17,26,28H,11,18-21H2,1H3,(H2,32,33,34,38,39)/t26-,28+/m1/s1. The van der Waals surface area contributed by atoms with Gasteiger partial charge < -0.3 is 14.8 Å². The van der Waals surface area contributed by atoms with Gasteiger partial charge in [0.1, 0.15) is 13.2 Å². The Morgan fingerprint density at radius 2 is 1.39 bits per heavy atom. The molecule has 3 aromatic rings. The second-order valence-electron chi connectivity index (χ2n) is 9.84. The predicted octanol–water partition coefficient (Wildman–Crippen LogP) is 3.78. The van der Waals surface area contributed by atoms with E-state index in [9.17, 15) is 27.6 Å². The van der Waals surface area contributed by atoms with Crippen LogP contribution >= 0.6 is 0 Å². The number of nitrogens with one attached hydrogen (secondary N) is 2. The molecule has 0 aliphatic carbocycles. The van der Waals surface area contributed by atoms with Crippen molar-refractivity contribution in [3.63, 3.8) is 0 Å². The molecule has 2 atom stereocenters. The third kappa shape index (κ3) is 8.28. The summed E-state index contributed by atoms with van der Waals surface area (Å²) in [6.07, 6.45) is -1.51. The van der Waals surface area contributed by atoms with Crippen molar-refractivity contribution in [2.24, 2.45) is 10.9 Å². The Morgan fingerprint density at radius 1 is 0.841 bits per heavy atom. The van der Waals surface area contributed by atoms with Gasteiger partial charge in [-0.05, 0) is 36.1 Å². The Balaban J connectivity index is 1.38. The summed E-state index contributed by atoms with van der Waals surface area (Å²) in [7, 11) is -4.02. The van der Waals surface area contributed by atoms with Crippen LogP contribution in [0.2, 0.25) is 0 Å². The van der Waals surface area contributed by atoms with E-state index in [1.165, 1.54) is 12.1 Å². The fourth-order valence-corrected chi connectivity index (χ4v) is 6.60. The zero-order valence-corrected chi connectivity index (χ0v) is 24.7. The van der Waals surface area contributed by atoms with Crippen LogP contribution in [-0.2, 0) is 42.1 Å². The Labute approximate surface area is 255 Å². The van der Waals surface area contributed by atoms with Gasteiger partial charge in [0.15, 0.2) is 5.37 Å². The molecule has 230 valence electrons. The van der Waals surface area contributed by atoms with Crippen molar-refractivity contribution in [1.82, 2.24) is 15.5 Å². The van der Waals surface area contributed by atoms with Gasteiger partial charge in [-0.15, -0.1) is 4.99 Å². The quantitative estimate of drug-likeness (QED) is 0.149. The smallest absolute Gasteiger partial charge is 0.437 e. The molecule has 1 heterocycles. The second kappa shape index (κ2) is 14.9. The third-order valence-electron chi connectivity index (χ3n) is 6.71. The molecule has 4 rings (SSSR count). The van der Waals surface area contributed by atoms with Crippen LogP contribution in [0.1, 0.15) is 30.9 Å². The van der Waals surface area contributed by atoms with Crippen molar-refractivity contribution in [2.75, 3.05) is 6.54 Å². The van der Waals surface area contributed by atoms with E-state index < -0.39 is 45.1 Å². The molecule has 0 unspecified atom stereocenters. The zero-order chi connectivity index (χ0) is 31.5. The number of aliphatic imine (C=N–C) groups is 1. The van der Waals surface area contributed by atoms with Gasteiger partial charge >= 0.3 is 12.2 Å². The number of guanidine groups is 1. The van der Waals surface area contributed by atoms with Gasteiger partial charge in [0.2, 0.25) is 27.6 Å². The van der Waals surface area contributed by atoms with Gasteiger partial charge in [0.25, 0.3) is 0 Å². The molecule has 0 aromatic heterocycles. The fourth-order valence-electron chi connectivity index (χ4n) is 4.57. The molecule has 1 saturated heterocycles. The first-order chi connectivity index (χ1) is 21.2. The number of alkyl carbamates (subject to hydrolysis) is 1. The Kier molecular flexibility index (Phi) is 10.8. The molecule has 1 fully saturated rings. The van der Waals surface area contributed by atoms with Crippen molar-refractivity contribution in [1.29, 1.82) is 0 Å². The van der Waals surface area contributed by atoms with Crippen LogP contribution in [0.3, 0.4) is 0 Å². The Morgan fingerprint density at radius 3 is 1.95 bits per heavy atom. The molecule has 44 heavy (non-hydrogen) atoms. The van der Waals surface area contributed by atoms with E-state index in [0.717, 1.165) is 23.0 Å². The van der Waals surface area contributed by atoms with Crippen molar-refractivity contribution in [3.05, 3.63) is 102 Å². The van der Waals surface area contributed by atoms with E-state index in [2.05, 4.69) is 15.6 Å². The van der Waals surface area contributed by atoms with Crippen LogP contribution in [0.15, 0.2) is 101 Å². The lowest BCUT2D eigenvalue weighted by molar-refractivity contribution is -0.160. The number of sulfone groups is 1. The number of likely N-dealkylation sites (tertiary alicyclic amines) is 1. The van der Waals surface area contributed by atoms with Crippen LogP contribution in [-0.4, -0.2) is 55.2 Å². The lowest BCUT2D eigenvalue weighted by Gasteiger charge is -2.44. The number of amides is 4. The van der Waals surface area contributed by atoms with Gasteiger partial charge in [-0.25, -0.2) is 18.0 Å². The molecule has 1 aliphatic rings. The predicted molar refractivity (Wildman–Crippen MR) is 159 cm³/mol. The SMILES string of the molecule is CC(=O)N1C(=O)[C@@H](CCCNC(=NC(=O)OCc2ccccc2)NC(=O)OCc2ccccc2)[C@@H]1S(=O)(=O)c1ccccc1. The number of ether oxygens (including phenoxy) is 2. The van der Waals surface area contributed by atoms with Crippen LogP contribution in [0, 0.1) is 5.92 Å². The van der Waals surface area contributed by atoms with E-state index in [-0.39, 0.29) is 43.5 Å². The van der Waals surface area contributed by atoms with E-state index in [1.807, 2.05) is 12.1 Å². The maximum atomic E-state index is 13.3. The minimum absolute atomic E-state index is 0.00789. The molecule has 0 radical (unpaired) electrons. The zero-order valence-electron chi connectivity index (χ0n) is 23.9. The summed E-state index contributed by atoms with van der Waals surface area (Å²) >= 11 is 0. The summed E-state index contributed by atoms with van der Waals surface area (Å²) < 4.78 is 37.0. The molecule has 0 bridgehead atoms. The summed E-state index contributed by atoms with van der Waals surface area (Å²) in [6.45, 7) is 1.17. The van der Waals surface area contributed by atoms with E-state index in [1.54, 1.807) is 66.7 Å². The minimum Gasteiger partial charge on any atom is -0.444 e. The van der Waals surface area contributed by atoms with Crippen LogP contribution in [0.25, 0.3) is 0 Å². The van der Waals surface area contributed by atoms with Gasteiger partial charge in [-0.2, -0.15) is 0 Å². The molecule has 12 nitrogen and oxygen atoms in total. The molecule has 0 spiro atoms. The Hall–Kier alpha value is -5.04. The molecular formula is C31H32N4O8S. The highest BCUT2D eigenvalue weighted by Crippen LogP contribution is 2.37. The van der Waals surface area contributed by atoms with Gasteiger partial charge in [-0.3, -0.25) is 19.8 Å². The van der Waals surface area contributed by atoms with Crippen LogP contribution in [0.5, 0.6) is 0 Å². The first-order valence-corrected chi connectivity index (χ1v) is 15.3. The monoisotopic (exact) mass is 620 g/mol. The number of nitrogens with zero attached hydrogens (tertiary/aromatic N) is 2. The number of benzene rings is 3. The third-order valence-corrected chi connectivity index (χ3v) is 8.81. The molecule has 1 aliphatic heterocycles. The number of β-lactam (4-membered cyclic amide) rings is 1. The average molecular weight is 621 g/mol. The molecule has 2 N–H and O–H groups in total. The summed E-state index contributed by atoms with van der Waals surface area (Å²) in [5, 5.41) is 3.86. The maximum Gasteiger partial charge on any atom is 0.437 e. The van der Waals surface area contributed by atoms with E-state index >= 15 is 0 Å². The first kappa shape index (κ1) is 31.9. The normalized spacial score (nSPS) is 16.4. The summed E-state index contributed by atoms with van der Waals surface area (Å²) in [6, 6.07) is 25.6. The summed E-state index contributed by atoms with van der Waals surface area (Å²) in [5.41, 5.74) is 1.49. The minimum atomic E-state index is -4.02. The highest BCUT2D eigenvalue weighted by atomic mass is 32.2. The molecule has 0 saturated carbocycles.